The van der Waals surface area contributed by atoms with Gasteiger partial charge in [-0.3, -0.25) is 4.90 Å². The van der Waals surface area contributed by atoms with Gasteiger partial charge in [-0.15, -0.1) is 0 Å². The molecule has 0 radical (unpaired) electrons. The minimum atomic E-state index is 0.373. The van der Waals surface area contributed by atoms with E-state index in [1.807, 2.05) is 6.07 Å². The largest absolute Gasteiger partial charge is 0.314 e. The van der Waals surface area contributed by atoms with Crippen molar-refractivity contribution in [2.45, 2.75) is 44.2 Å². The maximum atomic E-state index is 6.16. The summed E-state index contributed by atoms with van der Waals surface area (Å²) >= 11 is 9.83. The first-order chi connectivity index (χ1) is 9.70. The Kier molecular flexibility index (Phi) is 4.71. The number of nitrogens with one attached hydrogen (secondary N) is 1. The molecule has 0 unspecified atom stereocenters. The number of hydrogen-bond donors (Lipinski definition) is 1. The van der Waals surface area contributed by atoms with Crippen molar-refractivity contribution in [3.8, 4) is 0 Å². The van der Waals surface area contributed by atoms with Gasteiger partial charge in [-0.2, -0.15) is 0 Å². The normalized spacial score (nSPS) is 23.1. The van der Waals surface area contributed by atoms with Crippen LogP contribution in [0.25, 0.3) is 0 Å². The van der Waals surface area contributed by atoms with Crippen molar-refractivity contribution >= 4 is 27.5 Å². The highest BCUT2D eigenvalue weighted by molar-refractivity contribution is 9.10. The maximum Gasteiger partial charge on any atom is 0.0410 e. The average molecular weight is 358 g/mol. The van der Waals surface area contributed by atoms with Gasteiger partial charge in [-0.05, 0) is 36.6 Å². The molecule has 1 heterocycles. The Morgan fingerprint density at radius 2 is 2.05 bits per heavy atom. The topological polar surface area (TPSA) is 15.3 Å². The molecule has 1 aliphatic heterocycles. The second-order valence-electron chi connectivity index (χ2n) is 6.12. The molecule has 1 N–H and O–H groups in total. The molecule has 2 nitrogen and oxygen atoms in total. The van der Waals surface area contributed by atoms with E-state index in [1.165, 1.54) is 42.1 Å². The maximum absolute atomic E-state index is 6.16. The van der Waals surface area contributed by atoms with Gasteiger partial charge < -0.3 is 5.32 Å². The Morgan fingerprint density at radius 1 is 1.25 bits per heavy atom. The predicted octanol–water partition coefficient (Wildman–Crippen LogP) is 4.21. The molecule has 0 bridgehead atoms. The van der Waals surface area contributed by atoms with Crippen LogP contribution in [-0.2, 0) is 6.54 Å². The molecule has 110 valence electrons. The molecular formula is C16H22BrClN2. The fourth-order valence-electron chi connectivity index (χ4n) is 3.70. The van der Waals surface area contributed by atoms with Crippen LogP contribution in [0.5, 0.6) is 0 Å². The first kappa shape index (κ1) is 14.8. The number of nitrogens with zero attached hydrogens (tertiary/aromatic N) is 1. The molecule has 0 atom stereocenters. The quantitative estimate of drug-likeness (QED) is 0.853. The van der Waals surface area contributed by atoms with Crippen molar-refractivity contribution in [3.05, 3.63) is 33.3 Å². The average Bonchev–Trinajstić information content (AvgIpc) is 2.46. The van der Waals surface area contributed by atoms with Gasteiger partial charge in [-0.25, -0.2) is 0 Å². The summed E-state index contributed by atoms with van der Waals surface area (Å²) < 4.78 is 1.17. The zero-order valence-electron chi connectivity index (χ0n) is 11.8. The van der Waals surface area contributed by atoms with Gasteiger partial charge in [0.2, 0.25) is 0 Å². The van der Waals surface area contributed by atoms with Crippen LogP contribution in [0.4, 0.5) is 0 Å². The number of rotatable bonds is 2. The second kappa shape index (κ2) is 6.35. The molecule has 3 rings (SSSR count). The molecule has 1 saturated heterocycles. The Labute approximate surface area is 135 Å². The fraction of sp³-hybridized carbons (Fsp3) is 0.625. The van der Waals surface area contributed by atoms with Crippen LogP contribution in [0.2, 0.25) is 5.02 Å². The van der Waals surface area contributed by atoms with Crippen LogP contribution >= 0.6 is 27.5 Å². The Morgan fingerprint density at radius 3 is 2.85 bits per heavy atom. The minimum Gasteiger partial charge on any atom is -0.314 e. The molecule has 1 aliphatic carbocycles. The standard InChI is InChI=1S/C16H22BrClN2/c17-15-5-4-14(18)10-13(15)11-20-9-8-19-12-16(20)6-2-1-3-7-16/h4-5,10,19H,1-3,6-9,11-12H2. The molecule has 1 saturated carbocycles. The van der Waals surface area contributed by atoms with Crippen LogP contribution in [0.15, 0.2) is 22.7 Å². The zero-order valence-corrected chi connectivity index (χ0v) is 14.1. The van der Waals surface area contributed by atoms with E-state index in [9.17, 15) is 0 Å². The summed E-state index contributed by atoms with van der Waals surface area (Å²) in [5.74, 6) is 0. The van der Waals surface area contributed by atoms with Crippen molar-refractivity contribution in [1.82, 2.24) is 10.2 Å². The van der Waals surface area contributed by atoms with E-state index >= 15 is 0 Å². The van der Waals surface area contributed by atoms with Crippen molar-refractivity contribution < 1.29 is 0 Å². The van der Waals surface area contributed by atoms with Crippen molar-refractivity contribution in [2.75, 3.05) is 19.6 Å². The van der Waals surface area contributed by atoms with Gasteiger partial charge in [-0.1, -0.05) is 46.8 Å². The summed E-state index contributed by atoms with van der Waals surface area (Å²) in [4.78, 5) is 2.69. The van der Waals surface area contributed by atoms with Crippen molar-refractivity contribution in [1.29, 1.82) is 0 Å². The lowest BCUT2D eigenvalue weighted by Crippen LogP contribution is -2.61. The SMILES string of the molecule is Clc1ccc(Br)c(CN2CCNCC23CCCCC3)c1. The molecule has 1 aromatic rings. The Hall–Kier alpha value is -0.0900. The van der Waals surface area contributed by atoms with Gasteiger partial charge in [0.1, 0.15) is 0 Å². The van der Waals surface area contributed by atoms with Gasteiger partial charge in [0.25, 0.3) is 0 Å². The third kappa shape index (κ3) is 3.06. The van der Waals surface area contributed by atoms with Crippen LogP contribution in [0.3, 0.4) is 0 Å². The molecule has 0 amide bonds. The predicted molar refractivity (Wildman–Crippen MR) is 88.2 cm³/mol. The van der Waals surface area contributed by atoms with Gasteiger partial charge in [0.05, 0.1) is 0 Å². The number of piperazine rings is 1. The summed E-state index contributed by atoms with van der Waals surface area (Å²) in [7, 11) is 0. The summed E-state index contributed by atoms with van der Waals surface area (Å²) in [6.07, 6.45) is 6.80. The van der Waals surface area contributed by atoms with Gasteiger partial charge in [0, 0.05) is 41.2 Å². The van der Waals surface area contributed by atoms with E-state index in [4.69, 9.17) is 11.6 Å². The van der Waals surface area contributed by atoms with E-state index < -0.39 is 0 Å². The highest BCUT2D eigenvalue weighted by Gasteiger charge is 2.39. The number of hydrogen-bond acceptors (Lipinski definition) is 2. The summed E-state index contributed by atoms with van der Waals surface area (Å²) in [6.45, 7) is 4.38. The molecule has 4 heteroatoms. The second-order valence-corrected chi connectivity index (χ2v) is 7.41. The van der Waals surface area contributed by atoms with Crippen LogP contribution in [0.1, 0.15) is 37.7 Å². The summed E-state index contributed by atoms with van der Waals surface area (Å²) in [5, 5.41) is 4.44. The molecule has 1 aromatic carbocycles. The number of benzene rings is 1. The Bertz CT molecular complexity index is 463. The molecule has 2 fully saturated rings. The monoisotopic (exact) mass is 356 g/mol. The smallest absolute Gasteiger partial charge is 0.0410 e. The van der Waals surface area contributed by atoms with E-state index in [0.29, 0.717) is 5.54 Å². The van der Waals surface area contributed by atoms with Crippen molar-refractivity contribution in [2.24, 2.45) is 0 Å². The van der Waals surface area contributed by atoms with Gasteiger partial charge in [0.15, 0.2) is 0 Å². The number of halogens is 2. The lowest BCUT2D eigenvalue weighted by atomic mass is 9.79. The van der Waals surface area contributed by atoms with Crippen LogP contribution in [0, 0.1) is 0 Å². The Balaban J connectivity index is 1.81. The van der Waals surface area contributed by atoms with E-state index in [0.717, 1.165) is 31.2 Å². The third-order valence-electron chi connectivity index (χ3n) is 4.84. The lowest BCUT2D eigenvalue weighted by molar-refractivity contribution is 0.0207. The molecule has 0 aromatic heterocycles. The molecule has 2 aliphatic rings. The highest BCUT2D eigenvalue weighted by Crippen LogP contribution is 2.36. The first-order valence-corrected chi connectivity index (χ1v) is 8.76. The molecule has 1 spiro atoms. The van der Waals surface area contributed by atoms with Crippen molar-refractivity contribution in [3.63, 3.8) is 0 Å². The third-order valence-corrected chi connectivity index (χ3v) is 5.85. The zero-order chi connectivity index (χ0) is 14.0. The fourth-order valence-corrected chi connectivity index (χ4v) is 4.27. The summed E-state index contributed by atoms with van der Waals surface area (Å²) in [6, 6.07) is 6.11. The summed E-state index contributed by atoms with van der Waals surface area (Å²) in [5.41, 5.74) is 1.68. The minimum absolute atomic E-state index is 0.373. The lowest BCUT2D eigenvalue weighted by Gasteiger charge is -2.50. The van der Waals surface area contributed by atoms with Gasteiger partial charge >= 0.3 is 0 Å². The van der Waals surface area contributed by atoms with Crippen LogP contribution in [-0.4, -0.2) is 30.1 Å². The molecular weight excluding hydrogens is 336 g/mol. The van der Waals surface area contributed by atoms with E-state index in [-0.39, 0.29) is 0 Å². The first-order valence-electron chi connectivity index (χ1n) is 7.59. The van der Waals surface area contributed by atoms with E-state index in [1.54, 1.807) is 0 Å². The highest BCUT2D eigenvalue weighted by atomic mass is 79.9. The van der Waals surface area contributed by atoms with E-state index in [2.05, 4.69) is 38.3 Å². The van der Waals surface area contributed by atoms with Crippen LogP contribution < -0.4 is 5.32 Å². The molecule has 20 heavy (non-hydrogen) atoms.